The zero-order chi connectivity index (χ0) is 13.8. The van der Waals surface area contributed by atoms with Gasteiger partial charge in [-0.1, -0.05) is 12.1 Å². The summed E-state index contributed by atoms with van der Waals surface area (Å²) in [6.07, 6.45) is 0.461. The van der Waals surface area contributed by atoms with Crippen molar-refractivity contribution in [1.29, 1.82) is 0 Å². The van der Waals surface area contributed by atoms with Crippen molar-refractivity contribution >= 4 is 39.0 Å². The van der Waals surface area contributed by atoms with Crippen LogP contribution in [0.1, 0.15) is 25.1 Å². The summed E-state index contributed by atoms with van der Waals surface area (Å²) in [6.45, 7) is 3.91. The third-order valence-electron chi connectivity index (χ3n) is 2.93. The zero-order valence-electron chi connectivity index (χ0n) is 10.2. The van der Waals surface area contributed by atoms with Gasteiger partial charge in [0.05, 0.1) is 6.54 Å². The zero-order valence-corrected chi connectivity index (χ0v) is 12.6. The number of amidine groups is 1. The molecule has 1 atom stereocenters. The largest absolute Gasteiger partial charge is 0.409 e. The number of thiophene rings is 1. The normalized spacial score (nSPS) is 15.2. The average molecular weight is 334 g/mol. The molecule has 1 aromatic heterocycles. The first-order valence-corrected chi connectivity index (χ1v) is 7.10. The first kappa shape index (κ1) is 15.0. The summed E-state index contributed by atoms with van der Waals surface area (Å²) in [4.78, 5) is 13.1. The fraction of sp³-hybridized carbons (Fsp3) is 0.455. The van der Waals surface area contributed by atoms with Crippen LogP contribution in [0.3, 0.4) is 0 Å². The highest BCUT2D eigenvalue weighted by Crippen LogP contribution is 2.23. The van der Waals surface area contributed by atoms with E-state index in [0.29, 0.717) is 13.0 Å². The van der Waals surface area contributed by atoms with Crippen LogP contribution in [-0.2, 0) is 11.3 Å². The number of nitrogens with one attached hydrogen (secondary N) is 1. The number of hydrogen-bond acceptors (Lipinski definition) is 4. The highest BCUT2D eigenvalue weighted by atomic mass is 79.9. The molecule has 0 saturated carbocycles. The van der Waals surface area contributed by atoms with Crippen molar-refractivity contribution in [2.75, 3.05) is 0 Å². The number of nitrogens with two attached hydrogens (primary N) is 1. The van der Waals surface area contributed by atoms with Crippen LogP contribution < -0.4 is 11.1 Å². The van der Waals surface area contributed by atoms with Gasteiger partial charge in [-0.15, -0.1) is 11.3 Å². The van der Waals surface area contributed by atoms with E-state index >= 15 is 0 Å². The highest BCUT2D eigenvalue weighted by Gasteiger charge is 2.36. The van der Waals surface area contributed by atoms with E-state index in [-0.39, 0.29) is 11.7 Å². The molecule has 0 spiro atoms. The number of rotatable bonds is 5. The standard InChI is InChI=1S/C11H16BrN3O2S/c1-3-11(2,9(13)15-17)10(16)14-5-8-4-7(12)6-18-8/h4,6,17H,3,5H2,1-2H3,(H2,13,15)(H,14,16). The fourth-order valence-corrected chi connectivity index (χ4v) is 2.77. The van der Waals surface area contributed by atoms with Crippen LogP contribution in [0.5, 0.6) is 0 Å². The molecular weight excluding hydrogens is 318 g/mol. The average Bonchev–Trinajstić information content (AvgIpc) is 2.79. The molecule has 4 N–H and O–H groups in total. The molecule has 0 aliphatic heterocycles. The molecular formula is C11H16BrN3O2S. The molecule has 0 bridgehead atoms. The fourth-order valence-electron chi connectivity index (χ4n) is 1.38. The highest BCUT2D eigenvalue weighted by molar-refractivity contribution is 9.10. The number of hydrogen-bond donors (Lipinski definition) is 3. The number of halogens is 1. The van der Waals surface area contributed by atoms with Gasteiger partial charge in [0.15, 0.2) is 5.84 Å². The molecule has 0 aliphatic carbocycles. The van der Waals surface area contributed by atoms with Gasteiger partial charge in [-0.05, 0) is 35.3 Å². The number of amides is 1. The summed E-state index contributed by atoms with van der Waals surface area (Å²) >= 11 is 4.90. The maximum absolute atomic E-state index is 12.1. The Morgan fingerprint density at radius 2 is 2.39 bits per heavy atom. The molecule has 100 valence electrons. The first-order valence-electron chi connectivity index (χ1n) is 5.43. The molecule has 0 radical (unpaired) electrons. The van der Waals surface area contributed by atoms with Crippen LogP contribution in [-0.4, -0.2) is 17.0 Å². The van der Waals surface area contributed by atoms with E-state index in [9.17, 15) is 4.79 Å². The maximum atomic E-state index is 12.1. The van der Waals surface area contributed by atoms with Gasteiger partial charge in [-0.25, -0.2) is 0 Å². The predicted molar refractivity (Wildman–Crippen MR) is 75.7 cm³/mol. The summed E-state index contributed by atoms with van der Waals surface area (Å²) in [5.41, 5.74) is 4.59. The van der Waals surface area contributed by atoms with Crippen molar-refractivity contribution in [2.24, 2.45) is 16.3 Å². The monoisotopic (exact) mass is 333 g/mol. The summed E-state index contributed by atoms with van der Waals surface area (Å²) < 4.78 is 0.992. The molecule has 1 unspecified atom stereocenters. The lowest BCUT2D eigenvalue weighted by atomic mass is 9.85. The second-order valence-electron chi connectivity index (χ2n) is 4.08. The summed E-state index contributed by atoms with van der Waals surface area (Å²) in [5.74, 6) is -0.320. The minimum atomic E-state index is -0.983. The molecule has 0 aromatic carbocycles. The lowest BCUT2D eigenvalue weighted by molar-refractivity contribution is -0.127. The summed E-state index contributed by atoms with van der Waals surface area (Å²) in [6, 6.07) is 1.94. The lowest BCUT2D eigenvalue weighted by Gasteiger charge is -2.25. The van der Waals surface area contributed by atoms with E-state index in [0.717, 1.165) is 9.35 Å². The van der Waals surface area contributed by atoms with Gasteiger partial charge >= 0.3 is 0 Å². The minimum Gasteiger partial charge on any atom is -0.409 e. The predicted octanol–water partition coefficient (Wildman–Crippen LogP) is 2.29. The Kier molecular flexibility index (Phi) is 5.15. The topological polar surface area (TPSA) is 87.7 Å². The molecule has 1 rings (SSSR count). The maximum Gasteiger partial charge on any atom is 0.233 e. The van der Waals surface area contributed by atoms with Crippen molar-refractivity contribution in [3.05, 3.63) is 20.8 Å². The van der Waals surface area contributed by atoms with Gasteiger partial charge in [-0.2, -0.15) is 0 Å². The molecule has 1 aromatic rings. The van der Waals surface area contributed by atoms with Crippen LogP contribution in [0, 0.1) is 5.41 Å². The number of carbonyl (C=O) groups excluding carboxylic acids is 1. The molecule has 0 fully saturated rings. The summed E-state index contributed by atoms with van der Waals surface area (Å²) in [7, 11) is 0. The van der Waals surface area contributed by atoms with E-state index in [1.54, 1.807) is 18.3 Å². The van der Waals surface area contributed by atoms with Crippen LogP contribution in [0.2, 0.25) is 0 Å². The van der Waals surface area contributed by atoms with E-state index < -0.39 is 5.41 Å². The smallest absolute Gasteiger partial charge is 0.233 e. The quantitative estimate of drug-likeness (QED) is 0.334. The van der Waals surface area contributed by atoms with Gasteiger partial charge in [0.1, 0.15) is 5.41 Å². The molecule has 0 aliphatic rings. The second kappa shape index (κ2) is 6.19. The lowest BCUT2D eigenvalue weighted by Crippen LogP contribution is -2.47. The number of nitrogens with zero attached hydrogens (tertiary/aromatic N) is 1. The number of oxime groups is 1. The van der Waals surface area contributed by atoms with E-state index in [1.165, 1.54) is 0 Å². The van der Waals surface area contributed by atoms with Crippen molar-refractivity contribution in [1.82, 2.24) is 5.32 Å². The van der Waals surface area contributed by atoms with Crippen molar-refractivity contribution < 1.29 is 10.0 Å². The Labute approximate surface area is 118 Å². The Morgan fingerprint density at radius 3 is 2.83 bits per heavy atom. The van der Waals surface area contributed by atoms with Gasteiger partial charge in [0.2, 0.25) is 5.91 Å². The molecule has 5 nitrogen and oxygen atoms in total. The van der Waals surface area contributed by atoms with Gasteiger partial charge in [0.25, 0.3) is 0 Å². The Hall–Kier alpha value is -1.08. The Morgan fingerprint density at radius 1 is 1.72 bits per heavy atom. The molecule has 1 heterocycles. The Balaban J connectivity index is 2.69. The van der Waals surface area contributed by atoms with Crippen LogP contribution in [0.15, 0.2) is 21.1 Å². The van der Waals surface area contributed by atoms with E-state index in [1.807, 2.05) is 18.4 Å². The minimum absolute atomic E-state index is 0.0742. The second-order valence-corrected chi connectivity index (χ2v) is 6.00. The van der Waals surface area contributed by atoms with Crippen molar-refractivity contribution in [3.8, 4) is 0 Å². The van der Waals surface area contributed by atoms with E-state index in [4.69, 9.17) is 10.9 Å². The molecule has 0 saturated heterocycles. The van der Waals surface area contributed by atoms with Crippen molar-refractivity contribution in [3.63, 3.8) is 0 Å². The van der Waals surface area contributed by atoms with Crippen LogP contribution >= 0.6 is 27.3 Å². The first-order chi connectivity index (χ1) is 8.43. The third kappa shape index (κ3) is 3.23. The van der Waals surface area contributed by atoms with E-state index in [2.05, 4.69) is 26.4 Å². The number of carbonyl (C=O) groups is 1. The van der Waals surface area contributed by atoms with Crippen molar-refractivity contribution in [2.45, 2.75) is 26.8 Å². The summed E-state index contributed by atoms with van der Waals surface area (Å²) in [5, 5.41) is 16.4. The molecule has 7 heteroatoms. The van der Waals surface area contributed by atoms with Crippen LogP contribution in [0.4, 0.5) is 0 Å². The SMILES string of the molecule is CCC(C)(C(=O)NCc1cc(Br)cs1)C(N)=NO. The molecule has 18 heavy (non-hydrogen) atoms. The Bertz CT molecular complexity index is 461. The third-order valence-corrected chi connectivity index (χ3v) is 4.62. The van der Waals surface area contributed by atoms with Crippen LogP contribution in [0.25, 0.3) is 0 Å². The van der Waals surface area contributed by atoms with Gasteiger partial charge < -0.3 is 16.3 Å². The van der Waals surface area contributed by atoms with Gasteiger partial charge in [-0.3, -0.25) is 4.79 Å². The molecule has 1 amide bonds. The van der Waals surface area contributed by atoms with Gasteiger partial charge in [0, 0.05) is 14.7 Å².